The Balaban J connectivity index is 2.04. The molecule has 2 aromatic rings. The summed E-state index contributed by atoms with van der Waals surface area (Å²) >= 11 is 3.17. The minimum atomic E-state index is -0.260. The van der Waals surface area contributed by atoms with Crippen molar-refractivity contribution < 1.29 is 4.39 Å². The number of benzene rings is 1. The van der Waals surface area contributed by atoms with E-state index in [4.69, 9.17) is 5.73 Å². The van der Waals surface area contributed by atoms with Gasteiger partial charge < -0.3 is 5.73 Å². The van der Waals surface area contributed by atoms with Crippen molar-refractivity contribution in [2.45, 2.75) is 12.5 Å². The summed E-state index contributed by atoms with van der Waals surface area (Å²) in [6, 6.07) is 11.1. The van der Waals surface area contributed by atoms with Crippen LogP contribution in [0.2, 0.25) is 0 Å². The quantitative estimate of drug-likeness (QED) is 0.869. The zero-order valence-corrected chi connectivity index (χ0v) is 13.6. The zero-order chi connectivity index (χ0) is 15.2. The Morgan fingerprint density at radius 2 is 2.14 bits per heavy atom. The van der Waals surface area contributed by atoms with E-state index in [2.05, 4.69) is 25.8 Å². The second-order valence-corrected chi connectivity index (χ2v) is 5.83. The summed E-state index contributed by atoms with van der Waals surface area (Å²) in [4.78, 5) is 6.45. The third-order valence-corrected chi connectivity index (χ3v) is 4.17. The average molecular weight is 352 g/mol. The largest absolute Gasteiger partial charge is 0.329 e. The van der Waals surface area contributed by atoms with Crippen molar-refractivity contribution in [3.8, 4) is 0 Å². The Hall–Kier alpha value is -1.30. The number of halogens is 2. The van der Waals surface area contributed by atoms with Gasteiger partial charge in [-0.05, 0) is 52.8 Å². The highest BCUT2D eigenvalue weighted by Crippen LogP contribution is 2.23. The van der Waals surface area contributed by atoms with Gasteiger partial charge in [0.15, 0.2) is 0 Å². The fraction of sp³-hybridized carbons (Fsp3) is 0.312. The Bertz CT molecular complexity index is 577. The van der Waals surface area contributed by atoms with Crippen LogP contribution >= 0.6 is 15.9 Å². The van der Waals surface area contributed by atoms with Crippen molar-refractivity contribution in [1.82, 2.24) is 9.88 Å². The van der Waals surface area contributed by atoms with Crippen LogP contribution in [0.4, 0.5) is 4.39 Å². The minimum absolute atomic E-state index is 0.00341. The summed E-state index contributed by atoms with van der Waals surface area (Å²) in [5.74, 6) is -0.260. The summed E-state index contributed by atoms with van der Waals surface area (Å²) in [7, 11) is 2.00. The van der Waals surface area contributed by atoms with Gasteiger partial charge in [-0.15, -0.1) is 0 Å². The summed E-state index contributed by atoms with van der Waals surface area (Å²) < 4.78 is 14.1. The van der Waals surface area contributed by atoms with Gasteiger partial charge in [0.25, 0.3) is 0 Å². The lowest BCUT2D eigenvalue weighted by atomic mass is 10.1. The molecule has 0 radical (unpaired) electrons. The fourth-order valence-corrected chi connectivity index (χ4v) is 2.53. The summed E-state index contributed by atoms with van der Waals surface area (Å²) in [5.41, 5.74) is 7.81. The molecule has 0 amide bonds. The van der Waals surface area contributed by atoms with Crippen LogP contribution in [0.3, 0.4) is 0 Å². The highest BCUT2D eigenvalue weighted by atomic mass is 79.9. The zero-order valence-electron chi connectivity index (χ0n) is 12.0. The number of nitrogens with two attached hydrogens (primary N) is 1. The van der Waals surface area contributed by atoms with Crippen LogP contribution in [0.1, 0.15) is 17.3 Å². The molecule has 0 aliphatic carbocycles. The standard InChI is InChI=1S/C16H19BrFN3/c1-21(9-7-13-4-2-3-8-20-13)16(11-19)12-5-6-14(17)15(18)10-12/h2-6,8,10,16H,7,9,11,19H2,1H3. The topological polar surface area (TPSA) is 42.2 Å². The van der Waals surface area contributed by atoms with Gasteiger partial charge in [0.2, 0.25) is 0 Å². The highest BCUT2D eigenvalue weighted by Gasteiger charge is 2.16. The first-order valence-corrected chi connectivity index (χ1v) is 7.66. The van der Waals surface area contributed by atoms with E-state index in [1.807, 2.05) is 31.3 Å². The molecule has 5 heteroatoms. The maximum Gasteiger partial charge on any atom is 0.137 e. The molecular formula is C16H19BrFN3. The van der Waals surface area contributed by atoms with E-state index < -0.39 is 0 Å². The van der Waals surface area contributed by atoms with Crippen molar-refractivity contribution in [3.63, 3.8) is 0 Å². The summed E-state index contributed by atoms with van der Waals surface area (Å²) in [6.45, 7) is 1.26. The molecule has 0 saturated heterocycles. The van der Waals surface area contributed by atoms with Crippen LogP contribution in [-0.2, 0) is 6.42 Å². The Kier molecular flexibility index (Phi) is 5.85. The van der Waals surface area contributed by atoms with E-state index in [0.717, 1.165) is 24.2 Å². The van der Waals surface area contributed by atoms with Gasteiger partial charge in [0, 0.05) is 37.4 Å². The van der Waals surface area contributed by atoms with Gasteiger partial charge in [0.1, 0.15) is 5.82 Å². The molecule has 1 atom stereocenters. The monoisotopic (exact) mass is 351 g/mol. The van der Waals surface area contributed by atoms with Crippen LogP contribution in [0.25, 0.3) is 0 Å². The number of hydrogen-bond donors (Lipinski definition) is 1. The Morgan fingerprint density at radius 3 is 2.76 bits per heavy atom. The molecule has 112 valence electrons. The molecule has 0 spiro atoms. The molecule has 1 heterocycles. The lowest BCUT2D eigenvalue weighted by Gasteiger charge is -2.27. The highest BCUT2D eigenvalue weighted by molar-refractivity contribution is 9.10. The van der Waals surface area contributed by atoms with Crippen LogP contribution in [-0.4, -0.2) is 30.0 Å². The molecule has 0 bridgehead atoms. The Morgan fingerprint density at radius 1 is 1.33 bits per heavy atom. The first kappa shape index (κ1) is 16.1. The van der Waals surface area contributed by atoms with Crippen molar-refractivity contribution >= 4 is 15.9 Å². The first-order chi connectivity index (χ1) is 10.1. The maximum absolute atomic E-state index is 13.7. The van der Waals surface area contributed by atoms with Crippen LogP contribution in [0.5, 0.6) is 0 Å². The molecule has 21 heavy (non-hydrogen) atoms. The molecule has 2 N–H and O–H groups in total. The van der Waals surface area contributed by atoms with E-state index in [1.54, 1.807) is 18.3 Å². The van der Waals surface area contributed by atoms with E-state index in [0.29, 0.717) is 11.0 Å². The fourth-order valence-electron chi connectivity index (χ4n) is 2.28. The van der Waals surface area contributed by atoms with Gasteiger partial charge in [-0.1, -0.05) is 12.1 Å². The number of aromatic nitrogens is 1. The van der Waals surface area contributed by atoms with Crippen molar-refractivity contribution in [3.05, 3.63) is 64.1 Å². The number of likely N-dealkylation sites (N-methyl/N-ethyl adjacent to an activating group) is 1. The van der Waals surface area contributed by atoms with Gasteiger partial charge in [-0.3, -0.25) is 9.88 Å². The predicted octanol–water partition coefficient (Wildman–Crippen LogP) is 3.16. The third-order valence-electron chi connectivity index (χ3n) is 3.53. The van der Waals surface area contributed by atoms with Gasteiger partial charge in [0.05, 0.1) is 4.47 Å². The molecule has 1 unspecified atom stereocenters. The first-order valence-electron chi connectivity index (χ1n) is 6.87. The number of rotatable bonds is 6. The van der Waals surface area contributed by atoms with E-state index >= 15 is 0 Å². The minimum Gasteiger partial charge on any atom is -0.329 e. The summed E-state index contributed by atoms with van der Waals surface area (Å²) in [6.07, 6.45) is 2.63. The van der Waals surface area contributed by atoms with Crippen molar-refractivity contribution in [1.29, 1.82) is 0 Å². The van der Waals surface area contributed by atoms with Gasteiger partial charge >= 0.3 is 0 Å². The molecular weight excluding hydrogens is 333 g/mol. The second-order valence-electron chi connectivity index (χ2n) is 4.98. The molecule has 2 rings (SSSR count). The van der Waals surface area contributed by atoms with Crippen LogP contribution < -0.4 is 5.73 Å². The maximum atomic E-state index is 13.7. The van der Waals surface area contributed by atoms with Gasteiger partial charge in [-0.2, -0.15) is 0 Å². The third kappa shape index (κ3) is 4.33. The van der Waals surface area contributed by atoms with Crippen LogP contribution in [0.15, 0.2) is 47.1 Å². The number of hydrogen-bond acceptors (Lipinski definition) is 3. The van der Waals surface area contributed by atoms with E-state index in [9.17, 15) is 4.39 Å². The van der Waals surface area contributed by atoms with E-state index in [1.165, 1.54) is 0 Å². The van der Waals surface area contributed by atoms with E-state index in [-0.39, 0.29) is 11.9 Å². The SMILES string of the molecule is CN(CCc1ccccn1)C(CN)c1ccc(Br)c(F)c1. The molecule has 1 aromatic heterocycles. The average Bonchev–Trinajstić information content (AvgIpc) is 2.50. The number of nitrogens with zero attached hydrogens (tertiary/aromatic N) is 2. The van der Waals surface area contributed by atoms with Gasteiger partial charge in [-0.25, -0.2) is 4.39 Å². The molecule has 0 fully saturated rings. The lowest BCUT2D eigenvalue weighted by Crippen LogP contribution is -2.32. The molecule has 1 aromatic carbocycles. The van der Waals surface area contributed by atoms with Crippen molar-refractivity contribution in [2.24, 2.45) is 5.73 Å². The molecule has 0 aliphatic rings. The number of pyridine rings is 1. The molecule has 0 aliphatic heterocycles. The molecule has 0 saturated carbocycles. The smallest absolute Gasteiger partial charge is 0.137 e. The normalized spacial score (nSPS) is 12.6. The summed E-state index contributed by atoms with van der Waals surface area (Å²) in [5, 5.41) is 0. The van der Waals surface area contributed by atoms with Crippen molar-refractivity contribution in [2.75, 3.05) is 20.1 Å². The predicted molar refractivity (Wildman–Crippen MR) is 86.5 cm³/mol. The molecule has 3 nitrogen and oxygen atoms in total. The Labute approximate surface area is 133 Å². The second kappa shape index (κ2) is 7.64. The van der Waals surface area contributed by atoms with Crippen LogP contribution in [0, 0.1) is 5.82 Å². The lowest BCUT2D eigenvalue weighted by molar-refractivity contribution is 0.252.